The largest absolute Gasteiger partial charge is 0.396 e. The van der Waals surface area contributed by atoms with Gasteiger partial charge in [-0.15, -0.1) is 0 Å². The van der Waals surface area contributed by atoms with Crippen molar-refractivity contribution in [3.63, 3.8) is 0 Å². The van der Waals surface area contributed by atoms with Gasteiger partial charge in [0.2, 0.25) is 0 Å². The van der Waals surface area contributed by atoms with Crippen LogP contribution >= 0.6 is 0 Å². The van der Waals surface area contributed by atoms with Gasteiger partial charge >= 0.3 is 0 Å². The van der Waals surface area contributed by atoms with Crippen LogP contribution < -0.4 is 5.32 Å². The molecule has 2 atom stereocenters. The summed E-state index contributed by atoms with van der Waals surface area (Å²) in [5.41, 5.74) is 1.22. The molecule has 0 aliphatic carbocycles. The molecule has 2 unspecified atom stereocenters. The number of nitrogens with one attached hydrogen (secondary N) is 1. The predicted octanol–water partition coefficient (Wildman–Crippen LogP) is 1.59. The Hall–Kier alpha value is -0.900. The van der Waals surface area contributed by atoms with Gasteiger partial charge in [-0.05, 0) is 11.5 Å². The Kier molecular flexibility index (Phi) is 6.08. The van der Waals surface area contributed by atoms with Gasteiger partial charge in [0.1, 0.15) is 0 Å². The first kappa shape index (κ1) is 13.2. The van der Waals surface area contributed by atoms with Crippen molar-refractivity contribution in [3.8, 4) is 0 Å². The summed E-state index contributed by atoms with van der Waals surface area (Å²) in [6, 6.07) is 10.4. The van der Waals surface area contributed by atoms with E-state index in [0.717, 1.165) is 6.54 Å². The van der Waals surface area contributed by atoms with E-state index in [2.05, 4.69) is 17.4 Å². The standard InChI is InChI=1S/C13H21NO2/c1-11(9-15)8-14-13(10-16-2)12-6-4-3-5-7-12/h3-7,11,13-15H,8-10H2,1-2H3. The van der Waals surface area contributed by atoms with Crippen molar-refractivity contribution in [1.29, 1.82) is 0 Å². The third-order valence-electron chi connectivity index (χ3n) is 2.56. The monoisotopic (exact) mass is 223 g/mol. The summed E-state index contributed by atoms with van der Waals surface area (Å²) in [6.45, 7) is 3.66. The fourth-order valence-corrected chi connectivity index (χ4v) is 1.53. The van der Waals surface area contributed by atoms with Crippen molar-refractivity contribution in [1.82, 2.24) is 5.32 Å². The number of aliphatic hydroxyl groups excluding tert-OH is 1. The number of benzene rings is 1. The second kappa shape index (κ2) is 7.39. The Labute approximate surface area is 97.4 Å². The van der Waals surface area contributed by atoms with E-state index >= 15 is 0 Å². The zero-order chi connectivity index (χ0) is 11.8. The molecular formula is C13H21NO2. The Bertz CT molecular complexity index is 277. The van der Waals surface area contributed by atoms with E-state index in [-0.39, 0.29) is 18.6 Å². The molecule has 1 rings (SSSR count). The summed E-state index contributed by atoms with van der Waals surface area (Å²) in [4.78, 5) is 0. The molecule has 0 fully saturated rings. The van der Waals surface area contributed by atoms with Gasteiger partial charge in [0.15, 0.2) is 0 Å². The minimum Gasteiger partial charge on any atom is -0.396 e. The van der Waals surface area contributed by atoms with Gasteiger partial charge in [-0.3, -0.25) is 0 Å². The lowest BCUT2D eigenvalue weighted by molar-refractivity contribution is 0.159. The van der Waals surface area contributed by atoms with E-state index in [1.54, 1.807) is 7.11 Å². The molecule has 1 aromatic carbocycles. The minimum absolute atomic E-state index is 0.195. The summed E-state index contributed by atoms with van der Waals surface area (Å²) in [5, 5.41) is 12.4. The molecule has 0 heterocycles. The molecule has 0 radical (unpaired) electrons. The van der Waals surface area contributed by atoms with E-state index in [9.17, 15) is 0 Å². The van der Waals surface area contributed by atoms with Gasteiger partial charge in [0.05, 0.1) is 12.6 Å². The predicted molar refractivity (Wildman–Crippen MR) is 65.3 cm³/mol. The maximum Gasteiger partial charge on any atom is 0.0657 e. The van der Waals surface area contributed by atoms with Crippen LogP contribution in [-0.4, -0.2) is 32.0 Å². The Balaban J connectivity index is 2.54. The smallest absolute Gasteiger partial charge is 0.0657 e. The summed E-state index contributed by atoms with van der Waals surface area (Å²) < 4.78 is 5.20. The lowest BCUT2D eigenvalue weighted by atomic mass is 10.1. The molecule has 0 spiro atoms. The Morgan fingerprint density at radius 1 is 1.31 bits per heavy atom. The molecule has 0 saturated carbocycles. The van der Waals surface area contributed by atoms with Crippen molar-refractivity contribution in [2.24, 2.45) is 5.92 Å². The van der Waals surface area contributed by atoms with E-state index in [0.29, 0.717) is 6.61 Å². The normalized spacial score (nSPS) is 14.7. The SMILES string of the molecule is COCC(NCC(C)CO)c1ccccc1. The van der Waals surface area contributed by atoms with Crippen LogP contribution in [0.2, 0.25) is 0 Å². The van der Waals surface area contributed by atoms with Crippen LogP contribution in [0.25, 0.3) is 0 Å². The van der Waals surface area contributed by atoms with Crippen LogP contribution in [0, 0.1) is 5.92 Å². The molecule has 3 heteroatoms. The molecular weight excluding hydrogens is 202 g/mol. The van der Waals surface area contributed by atoms with Crippen LogP contribution in [0.15, 0.2) is 30.3 Å². The number of methoxy groups -OCH3 is 1. The molecule has 0 aliphatic heterocycles. The van der Waals surface area contributed by atoms with Gasteiger partial charge < -0.3 is 15.2 Å². The van der Waals surface area contributed by atoms with E-state index in [1.807, 2.05) is 25.1 Å². The first-order chi connectivity index (χ1) is 7.77. The molecule has 0 bridgehead atoms. The van der Waals surface area contributed by atoms with Crippen LogP contribution in [0.1, 0.15) is 18.5 Å². The molecule has 0 aliphatic rings. The van der Waals surface area contributed by atoms with E-state index < -0.39 is 0 Å². The molecule has 0 aromatic heterocycles. The Morgan fingerprint density at radius 2 is 2.00 bits per heavy atom. The van der Waals surface area contributed by atoms with Crippen LogP contribution in [0.4, 0.5) is 0 Å². The van der Waals surface area contributed by atoms with Crippen molar-refractivity contribution in [2.45, 2.75) is 13.0 Å². The first-order valence-electron chi connectivity index (χ1n) is 5.66. The zero-order valence-corrected chi connectivity index (χ0v) is 10.0. The lowest BCUT2D eigenvalue weighted by Gasteiger charge is -2.20. The first-order valence-corrected chi connectivity index (χ1v) is 5.66. The summed E-state index contributed by atoms with van der Waals surface area (Å²) in [7, 11) is 1.70. The quantitative estimate of drug-likeness (QED) is 0.737. The summed E-state index contributed by atoms with van der Waals surface area (Å²) in [5.74, 6) is 0.267. The highest BCUT2D eigenvalue weighted by Crippen LogP contribution is 2.12. The molecule has 16 heavy (non-hydrogen) atoms. The number of hydrogen-bond donors (Lipinski definition) is 2. The van der Waals surface area contributed by atoms with Gasteiger partial charge in [-0.25, -0.2) is 0 Å². The van der Waals surface area contributed by atoms with Crippen molar-refractivity contribution < 1.29 is 9.84 Å². The average Bonchev–Trinajstić information content (AvgIpc) is 2.35. The number of hydrogen-bond acceptors (Lipinski definition) is 3. The van der Waals surface area contributed by atoms with Crippen LogP contribution in [0.5, 0.6) is 0 Å². The highest BCUT2D eigenvalue weighted by molar-refractivity contribution is 5.18. The second-order valence-electron chi connectivity index (χ2n) is 4.11. The van der Waals surface area contributed by atoms with Crippen molar-refractivity contribution in [2.75, 3.05) is 26.9 Å². The fourth-order valence-electron chi connectivity index (χ4n) is 1.53. The van der Waals surface area contributed by atoms with Crippen molar-refractivity contribution in [3.05, 3.63) is 35.9 Å². The molecule has 0 amide bonds. The van der Waals surface area contributed by atoms with E-state index in [4.69, 9.17) is 9.84 Å². The van der Waals surface area contributed by atoms with Crippen LogP contribution in [-0.2, 0) is 4.74 Å². The number of rotatable bonds is 7. The minimum atomic E-state index is 0.195. The highest BCUT2D eigenvalue weighted by atomic mass is 16.5. The molecule has 3 nitrogen and oxygen atoms in total. The van der Waals surface area contributed by atoms with Gasteiger partial charge in [0.25, 0.3) is 0 Å². The molecule has 90 valence electrons. The topological polar surface area (TPSA) is 41.5 Å². The molecule has 1 aromatic rings. The summed E-state index contributed by atoms with van der Waals surface area (Å²) >= 11 is 0. The number of ether oxygens (including phenoxy) is 1. The van der Waals surface area contributed by atoms with Crippen molar-refractivity contribution >= 4 is 0 Å². The molecule has 2 N–H and O–H groups in total. The lowest BCUT2D eigenvalue weighted by Crippen LogP contribution is -2.30. The maximum atomic E-state index is 8.98. The second-order valence-corrected chi connectivity index (χ2v) is 4.11. The molecule has 0 saturated heterocycles. The third-order valence-corrected chi connectivity index (χ3v) is 2.56. The van der Waals surface area contributed by atoms with Gasteiger partial charge in [-0.2, -0.15) is 0 Å². The van der Waals surface area contributed by atoms with Gasteiger partial charge in [-0.1, -0.05) is 37.3 Å². The van der Waals surface area contributed by atoms with E-state index in [1.165, 1.54) is 5.56 Å². The maximum absolute atomic E-state index is 8.98. The summed E-state index contributed by atoms with van der Waals surface area (Å²) in [6.07, 6.45) is 0. The zero-order valence-electron chi connectivity index (χ0n) is 10.0. The van der Waals surface area contributed by atoms with Gasteiger partial charge in [0, 0.05) is 20.3 Å². The fraction of sp³-hybridized carbons (Fsp3) is 0.538. The van der Waals surface area contributed by atoms with Crippen LogP contribution in [0.3, 0.4) is 0 Å². The highest BCUT2D eigenvalue weighted by Gasteiger charge is 2.11. The number of aliphatic hydroxyl groups is 1. The Morgan fingerprint density at radius 3 is 2.56 bits per heavy atom. The third kappa shape index (κ3) is 4.31. The average molecular weight is 223 g/mol.